The van der Waals surface area contributed by atoms with E-state index in [9.17, 15) is 38.4 Å². The van der Waals surface area contributed by atoms with Crippen LogP contribution in [0, 0.1) is 117 Å². The summed E-state index contributed by atoms with van der Waals surface area (Å²) in [6.07, 6.45) is 30.6. The Hall–Kier alpha value is -4.24. The second kappa shape index (κ2) is 41.0. The third-order valence-electron chi connectivity index (χ3n) is 28.0. The van der Waals surface area contributed by atoms with E-state index in [0.717, 1.165) is 85.9 Å². The number of hydrogen-bond donors (Lipinski definition) is 0. The second-order valence-electron chi connectivity index (χ2n) is 34.8. The summed E-state index contributed by atoms with van der Waals surface area (Å²) >= 11 is 0. The van der Waals surface area contributed by atoms with E-state index in [1.807, 2.05) is 69.2 Å². The SMILES string of the molecule is C.C.C.C.C.C.C.C.CCC(C)(C)C(=O)OCCC(=O)OC1(C)C2CC3CC(C2)CC1C3.CCC(C)(C)C(=O)OCCC(=O)OC1(CC)C2CC3CC(C2)CC1C3.CCC(C)C(=O)OCCC(=O)OC1(C)C2CC3CC(C2)CC1C3.CCC(C)C(=O)OCCC(=O)OC1(CC)C2CC3CC(C2)CC1C3. The summed E-state index contributed by atoms with van der Waals surface area (Å²) in [6.45, 7) is 28.1. The zero-order valence-electron chi connectivity index (χ0n) is 62.0. The lowest BCUT2D eigenvalue weighted by molar-refractivity contribution is -0.212. The van der Waals surface area contributed by atoms with Crippen molar-refractivity contribution in [3.8, 4) is 0 Å². The predicted molar refractivity (Wildman–Crippen MR) is 419 cm³/mol. The van der Waals surface area contributed by atoms with Crippen LogP contribution in [0.15, 0.2) is 0 Å². The van der Waals surface area contributed by atoms with E-state index in [-0.39, 0.29) is 194 Å². The quantitative estimate of drug-likeness (QED) is 0.0582. The van der Waals surface area contributed by atoms with Gasteiger partial charge in [0.05, 0.1) is 48.3 Å². The molecule has 16 aliphatic carbocycles. The van der Waals surface area contributed by atoms with Crippen molar-refractivity contribution in [1.29, 1.82) is 0 Å². The molecule has 16 aliphatic rings. The lowest BCUT2D eigenvalue weighted by atomic mass is 9.49. The highest BCUT2D eigenvalue weighted by Crippen LogP contribution is 2.64. The molecular weight excluding hydrogens is 1310 g/mol. The van der Waals surface area contributed by atoms with E-state index in [1.54, 1.807) is 0 Å². The van der Waals surface area contributed by atoms with Gasteiger partial charge in [-0.05, 0) is 303 Å². The molecule has 2 atom stereocenters. The van der Waals surface area contributed by atoms with Gasteiger partial charge in [0.2, 0.25) is 0 Å². The first kappa shape index (κ1) is 97.8. The number of ether oxygens (including phenoxy) is 8. The van der Waals surface area contributed by atoms with Gasteiger partial charge in [0.1, 0.15) is 48.8 Å². The van der Waals surface area contributed by atoms with E-state index in [4.69, 9.17) is 37.9 Å². The van der Waals surface area contributed by atoms with Crippen LogP contribution in [0.4, 0.5) is 0 Å². The molecule has 0 spiro atoms. The lowest BCUT2D eigenvalue weighted by Gasteiger charge is -2.60. The monoisotopic (exact) mass is 1470 g/mol. The van der Waals surface area contributed by atoms with E-state index in [1.165, 1.54) is 128 Å². The van der Waals surface area contributed by atoms with Crippen LogP contribution in [0.2, 0.25) is 0 Å². The molecule has 16 saturated carbocycles. The van der Waals surface area contributed by atoms with Crippen LogP contribution in [-0.4, -0.2) is 96.6 Å². The van der Waals surface area contributed by atoms with Crippen molar-refractivity contribution < 1.29 is 76.3 Å². The molecular formula is C88H160O16. The molecule has 0 heterocycles. The van der Waals surface area contributed by atoms with Gasteiger partial charge in [-0.25, -0.2) is 0 Å². The zero-order chi connectivity index (χ0) is 69.7. The maximum atomic E-state index is 12.5. The summed E-state index contributed by atoms with van der Waals surface area (Å²) in [5.74, 6) is 9.24. The molecule has 16 rings (SSSR count). The summed E-state index contributed by atoms with van der Waals surface area (Å²) in [6, 6.07) is 0. The molecule has 16 fully saturated rings. The first-order valence-corrected chi connectivity index (χ1v) is 39.0. The van der Waals surface area contributed by atoms with E-state index < -0.39 is 10.8 Å². The van der Waals surface area contributed by atoms with Gasteiger partial charge in [-0.2, -0.15) is 0 Å². The van der Waals surface area contributed by atoms with Crippen molar-refractivity contribution in [3.63, 3.8) is 0 Å². The maximum Gasteiger partial charge on any atom is 0.311 e. The minimum Gasteiger partial charge on any atom is -0.465 e. The van der Waals surface area contributed by atoms with Gasteiger partial charge >= 0.3 is 47.8 Å². The molecule has 608 valence electrons. The van der Waals surface area contributed by atoms with Crippen molar-refractivity contribution in [2.24, 2.45) is 117 Å². The fourth-order valence-electron chi connectivity index (χ4n) is 21.5. The van der Waals surface area contributed by atoms with Crippen molar-refractivity contribution in [3.05, 3.63) is 0 Å². The van der Waals surface area contributed by atoms with Crippen molar-refractivity contribution in [1.82, 2.24) is 0 Å². The highest BCUT2D eigenvalue weighted by molar-refractivity contribution is 5.78. The summed E-state index contributed by atoms with van der Waals surface area (Å²) in [5, 5.41) is 0. The topological polar surface area (TPSA) is 210 Å². The average Bonchev–Trinajstić information content (AvgIpc) is 0.661. The maximum absolute atomic E-state index is 12.5. The van der Waals surface area contributed by atoms with Crippen LogP contribution >= 0.6 is 0 Å². The van der Waals surface area contributed by atoms with E-state index in [2.05, 4.69) is 27.7 Å². The molecule has 0 amide bonds. The van der Waals surface area contributed by atoms with Gasteiger partial charge in [0.15, 0.2) is 0 Å². The van der Waals surface area contributed by atoms with Crippen molar-refractivity contribution in [2.45, 2.75) is 371 Å². The average molecular weight is 1470 g/mol. The van der Waals surface area contributed by atoms with Crippen LogP contribution in [0.1, 0.15) is 349 Å². The molecule has 2 unspecified atom stereocenters. The molecule has 16 heteroatoms. The summed E-state index contributed by atoms with van der Waals surface area (Å²) in [7, 11) is 0. The fraction of sp³-hybridized carbons (Fsp3) is 0.909. The summed E-state index contributed by atoms with van der Waals surface area (Å²) in [4.78, 5) is 96.8. The number of carbonyl (C=O) groups excluding carboxylic acids is 8. The van der Waals surface area contributed by atoms with Crippen LogP contribution < -0.4 is 0 Å². The number of carbonyl (C=O) groups is 8. The second-order valence-corrected chi connectivity index (χ2v) is 34.8. The standard InChI is InChI=1S/C21H34O4.2C20H32O4.C19H30O4.8CH4/c1-5-20(3,4)19(23)24-8-7-18(22)25-21(6-2)16-10-14-9-15(12-16)13-17(21)11-14;1-5-19(2,3)18(22)23-7-6-17(21)24-20(4)15-9-13-8-14(11-15)12-16(20)10-13;1-4-13(3)19(22)23-7-6-18(21)24-20(5-2)16-9-14-8-15(11-16)12-17(20)10-14;1-4-12(2)18(21)22-6-5-17(20)23-19(3)15-8-13-7-14(10-15)11-16(19)9-13;;;;;;;;/h14-17H,5-13H2,1-4H3;13-16H,5-12H2,1-4H3;13-17H,4-12H2,1-3H3;12-16H,4-11H2,1-3H3;8*1H4. The molecule has 16 bridgehead atoms. The van der Waals surface area contributed by atoms with Crippen LogP contribution in [-0.2, 0) is 76.3 Å². The van der Waals surface area contributed by atoms with Crippen LogP contribution in [0.25, 0.3) is 0 Å². The Labute approximate surface area is 636 Å². The van der Waals surface area contributed by atoms with E-state index >= 15 is 0 Å². The Morgan fingerprint density at radius 3 is 0.721 bits per heavy atom. The zero-order valence-corrected chi connectivity index (χ0v) is 62.0. The Morgan fingerprint density at radius 1 is 0.317 bits per heavy atom. The van der Waals surface area contributed by atoms with Gasteiger partial charge in [-0.3, -0.25) is 38.4 Å². The number of hydrogen-bond acceptors (Lipinski definition) is 16. The first-order chi connectivity index (χ1) is 45.4. The fourth-order valence-corrected chi connectivity index (χ4v) is 21.5. The van der Waals surface area contributed by atoms with Gasteiger partial charge in [-0.1, -0.05) is 115 Å². The van der Waals surface area contributed by atoms with Crippen molar-refractivity contribution >= 4 is 47.8 Å². The molecule has 0 aliphatic heterocycles. The Balaban J connectivity index is 0.000000676. The van der Waals surface area contributed by atoms with E-state index in [0.29, 0.717) is 47.3 Å². The Morgan fingerprint density at radius 2 is 0.519 bits per heavy atom. The summed E-state index contributed by atoms with van der Waals surface area (Å²) in [5.41, 5.74) is -2.06. The van der Waals surface area contributed by atoms with Gasteiger partial charge in [-0.15, -0.1) is 0 Å². The Bertz CT molecular complexity index is 2590. The van der Waals surface area contributed by atoms with Crippen LogP contribution in [0.5, 0.6) is 0 Å². The molecule has 0 radical (unpaired) electrons. The largest absolute Gasteiger partial charge is 0.465 e. The number of esters is 8. The molecule has 0 N–H and O–H groups in total. The minimum atomic E-state index is -0.490. The first-order valence-electron chi connectivity index (χ1n) is 39.0. The smallest absolute Gasteiger partial charge is 0.311 e. The highest BCUT2D eigenvalue weighted by atomic mass is 16.6. The van der Waals surface area contributed by atoms with Crippen molar-refractivity contribution in [2.75, 3.05) is 26.4 Å². The van der Waals surface area contributed by atoms with Gasteiger partial charge in [0, 0.05) is 0 Å². The van der Waals surface area contributed by atoms with Crippen LogP contribution in [0.3, 0.4) is 0 Å². The lowest BCUT2D eigenvalue weighted by Crippen LogP contribution is -2.59. The number of rotatable bonds is 26. The van der Waals surface area contributed by atoms with Gasteiger partial charge in [0.25, 0.3) is 0 Å². The molecule has 16 nitrogen and oxygen atoms in total. The predicted octanol–water partition coefficient (Wildman–Crippen LogP) is 21.5. The molecule has 0 saturated heterocycles. The Kier molecular flexibility index (Phi) is 38.5. The molecule has 0 aromatic rings. The minimum absolute atomic E-state index is 0. The molecule has 0 aromatic heterocycles. The summed E-state index contributed by atoms with van der Waals surface area (Å²) < 4.78 is 45.1. The molecule has 104 heavy (non-hydrogen) atoms. The third kappa shape index (κ3) is 22.0. The third-order valence-corrected chi connectivity index (χ3v) is 28.0. The normalized spacial score (nSPS) is 34.8. The van der Waals surface area contributed by atoms with Gasteiger partial charge < -0.3 is 37.9 Å². The molecule has 0 aromatic carbocycles. The highest BCUT2D eigenvalue weighted by Gasteiger charge is 2.62.